The molecule has 3 aromatic heterocycles. The summed E-state index contributed by atoms with van der Waals surface area (Å²) in [4.78, 5) is 17.7. The van der Waals surface area contributed by atoms with Gasteiger partial charge >= 0.3 is 6.18 Å². The lowest BCUT2D eigenvalue weighted by Crippen LogP contribution is -2.25. The fourth-order valence-corrected chi connectivity index (χ4v) is 5.20. The van der Waals surface area contributed by atoms with Gasteiger partial charge in [-0.05, 0) is 30.5 Å². The quantitative estimate of drug-likeness (QED) is 0.573. The van der Waals surface area contributed by atoms with Crippen LogP contribution in [0.5, 0.6) is 0 Å². The second kappa shape index (κ2) is 6.77. The van der Waals surface area contributed by atoms with E-state index in [1.54, 1.807) is 18.3 Å². The molecule has 5 rings (SSSR count). The van der Waals surface area contributed by atoms with Gasteiger partial charge in [0.05, 0.1) is 46.1 Å². The summed E-state index contributed by atoms with van der Waals surface area (Å²) < 4.78 is 66.5. The highest BCUT2D eigenvalue weighted by Crippen LogP contribution is 2.48. The molecule has 0 spiro atoms. The molecule has 0 saturated heterocycles. The summed E-state index contributed by atoms with van der Waals surface area (Å²) in [6, 6.07) is 6.19. The highest BCUT2D eigenvalue weighted by atomic mass is 32.2. The Morgan fingerprint density at radius 2 is 2.00 bits per heavy atom. The SMILES string of the molecule is CCS(=O)(=O)c1c(N2Cc3ncc(C(F)(F)F)cc3C2=O)nn2cc(C3(C#N)CC3)ccc12. The minimum Gasteiger partial charge on any atom is -0.284 e. The van der Waals surface area contributed by atoms with Gasteiger partial charge in [0.2, 0.25) is 0 Å². The fourth-order valence-electron chi connectivity index (χ4n) is 4.00. The Hall–Kier alpha value is -3.46. The van der Waals surface area contributed by atoms with Crippen LogP contribution in [0.3, 0.4) is 0 Å². The summed E-state index contributed by atoms with van der Waals surface area (Å²) in [5, 5.41) is 13.8. The topological polar surface area (TPSA) is 108 Å². The van der Waals surface area contributed by atoms with Crippen molar-refractivity contribution in [2.45, 2.75) is 42.8 Å². The molecule has 4 heterocycles. The van der Waals surface area contributed by atoms with E-state index in [-0.39, 0.29) is 39.8 Å². The Kier molecular flexibility index (Phi) is 4.39. The molecular formula is C21H16F3N5O3S. The average molecular weight is 475 g/mol. The maximum absolute atomic E-state index is 13.1. The van der Waals surface area contributed by atoms with Gasteiger partial charge in [0.25, 0.3) is 5.91 Å². The third-order valence-electron chi connectivity index (χ3n) is 6.11. The van der Waals surface area contributed by atoms with Crippen LogP contribution in [0.4, 0.5) is 19.0 Å². The Bertz CT molecular complexity index is 1480. The van der Waals surface area contributed by atoms with Gasteiger partial charge in [0.1, 0.15) is 4.90 Å². The molecule has 170 valence electrons. The van der Waals surface area contributed by atoms with Crippen LogP contribution in [-0.4, -0.2) is 34.7 Å². The van der Waals surface area contributed by atoms with Gasteiger partial charge in [0.15, 0.2) is 15.7 Å². The first-order valence-corrected chi connectivity index (χ1v) is 11.7. The standard InChI is InChI=1S/C21H16F3N5O3S/c1-2-33(31,32)17-16-4-3-12(20(11-25)5-6-20)9-29(16)27-18(17)28-10-15-14(19(28)30)7-13(8-26-15)21(22,23)24/h3-4,7-9H,2,5-6,10H2,1H3. The van der Waals surface area contributed by atoms with E-state index in [2.05, 4.69) is 16.2 Å². The molecule has 0 unspecified atom stereocenters. The number of rotatable bonds is 4. The molecule has 0 radical (unpaired) electrons. The first kappa shape index (κ1) is 21.4. The van der Waals surface area contributed by atoms with Crippen LogP contribution in [0.1, 0.15) is 46.9 Å². The van der Waals surface area contributed by atoms with Gasteiger partial charge in [-0.25, -0.2) is 12.9 Å². The summed E-state index contributed by atoms with van der Waals surface area (Å²) in [6.07, 6.45) is -1.11. The number of hydrogen-bond donors (Lipinski definition) is 0. The van der Waals surface area contributed by atoms with Crippen LogP contribution in [0, 0.1) is 11.3 Å². The molecule has 8 nitrogen and oxygen atoms in total. The molecule has 0 bridgehead atoms. The smallest absolute Gasteiger partial charge is 0.284 e. The number of fused-ring (bicyclic) bond motifs is 2. The van der Waals surface area contributed by atoms with Crippen LogP contribution in [0.15, 0.2) is 35.5 Å². The zero-order chi connectivity index (χ0) is 23.8. The number of anilines is 1. The monoisotopic (exact) mass is 475 g/mol. The Balaban J connectivity index is 1.66. The highest BCUT2D eigenvalue weighted by molar-refractivity contribution is 7.91. The molecule has 1 amide bonds. The van der Waals surface area contributed by atoms with Crippen molar-refractivity contribution in [1.29, 1.82) is 5.26 Å². The van der Waals surface area contributed by atoms with Crippen LogP contribution < -0.4 is 4.90 Å². The molecule has 1 aliphatic carbocycles. The number of halogens is 3. The number of carbonyl (C=O) groups is 1. The van der Waals surface area contributed by atoms with E-state index in [4.69, 9.17) is 0 Å². The molecule has 1 aliphatic heterocycles. The van der Waals surface area contributed by atoms with Crippen molar-refractivity contribution in [2.75, 3.05) is 10.7 Å². The minimum atomic E-state index is -4.68. The molecule has 1 saturated carbocycles. The third-order valence-corrected chi connectivity index (χ3v) is 7.89. The maximum atomic E-state index is 13.1. The van der Waals surface area contributed by atoms with E-state index in [1.807, 2.05) is 0 Å². The predicted molar refractivity (Wildman–Crippen MR) is 109 cm³/mol. The van der Waals surface area contributed by atoms with Gasteiger partial charge in [0, 0.05) is 12.4 Å². The zero-order valence-electron chi connectivity index (χ0n) is 17.2. The number of hydrogen-bond acceptors (Lipinski definition) is 6. The van der Waals surface area contributed by atoms with Crippen LogP contribution in [0.25, 0.3) is 5.52 Å². The second-order valence-electron chi connectivity index (χ2n) is 8.10. The summed E-state index contributed by atoms with van der Waals surface area (Å²) in [6.45, 7) is 1.24. The van der Waals surface area contributed by atoms with Crippen molar-refractivity contribution in [3.8, 4) is 6.07 Å². The molecule has 12 heteroatoms. The average Bonchev–Trinajstić information content (AvgIpc) is 3.38. The molecule has 0 aromatic carbocycles. The zero-order valence-corrected chi connectivity index (χ0v) is 18.0. The predicted octanol–water partition coefficient (Wildman–Crippen LogP) is 3.26. The highest BCUT2D eigenvalue weighted by Gasteiger charge is 2.46. The maximum Gasteiger partial charge on any atom is 0.417 e. The van der Waals surface area contributed by atoms with E-state index >= 15 is 0 Å². The number of amides is 1. The lowest BCUT2D eigenvalue weighted by molar-refractivity contribution is -0.137. The molecule has 0 atom stereocenters. The molecular weight excluding hydrogens is 459 g/mol. The first-order valence-electron chi connectivity index (χ1n) is 10.1. The summed E-state index contributed by atoms with van der Waals surface area (Å²) in [5.74, 6) is -1.25. The number of pyridine rings is 2. The molecule has 33 heavy (non-hydrogen) atoms. The first-order chi connectivity index (χ1) is 15.5. The molecule has 3 aromatic rings. The Labute approximate surface area is 186 Å². The van der Waals surface area contributed by atoms with E-state index in [1.165, 1.54) is 11.4 Å². The van der Waals surface area contributed by atoms with Crippen molar-refractivity contribution in [2.24, 2.45) is 0 Å². The van der Waals surface area contributed by atoms with Crippen LogP contribution in [0.2, 0.25) is 0 Å². The summed E-state index contributed by atoms with van der Waals surface area (Å²) >= 11 is 0. The van der Waals surface area contributed by atoms with Gasteiger partial charge in [-0.1, -0.05) is 13.0 Å². The number of sulfone groups is 1. The van der Waals surface area contributed by atoms with Gasteiger partial charge in [-0.2, -0.15) is 18.4 Å². The van der Waals surface area contributed by atoms with E-state index in [9.17, 15) is 31.6 Å². The Morgan fingerprint density at radius 3 is 2.61 bits per heavy atom. The summed E-state index contributed by atoms with van der Waals surface area (Å²) in [7, 11) is -3.87. The lowest BCUT2D eigenvalue weighted by atomic mass is 10.00. The lowest BCUT2D eigenvalue weighted by Gasteiger charge is -2.14. The normalized spacial score (nSPS) is 17.3. The van der Waals surface area contributed by atoms with E-state index in [0.717, 1.165) is 11.0 Å². The van der Waals surface area contributed by atoms with Crippen LogP contribution in [-0.2, 0) is 28.0 Å². The van der Waals surface area contributed by atoms with Crippen molar-refractivity contribution in [3.05, 3.63) is 53.0 Å². The second-order valence-corrected chi connectivity index (χ2v) is 10.3. The number of nitrogens with zero attached hydrogens (tertiary/aromatic N) is 5. The summed E-state index contributed by atoms with van der Waals surface area (Å²) in [5.41, 5.74) is -0.946. The van der Waals surface area contributed by atoms with E-state index < -0.39 is 32.9 Å². The van der Waals surface area contributed by atoms with Gasteiger partial charge in [-0.3, -0.25) is 14.7 Å². The minimum absolute atomic E-state index is 0.104. The number of alkyl halides is 3. The molecule has 2 aliphatic rings. The van der Waals surface area contributed by atoms with Crippen molar-refractivity contribution in [1.82, 2.24) is 14.6 Å². The largest absolute Gasteiger partial charge is 0.417 e. The number of carbonyl (C=O) groups excluding carboxylic acids is 1. The molecule has 1 fully saturated rings. The van der Waals surface area contributed by atoms with Crippen molar-refractivity contribution >= 4 is 27.1 Å². The van der Waals surface area contributed by atoms with Crippen molar-refractivity contribution in [3.63, 3.8) is 0 Å². The molecule has 0 N–H and O–H groups in total. The van der Waals surface area contributed by atoms with Gasteiger partial charge < -0.3 is 0 Å². The fraction of sp³-hybridized carbons (Fsp3) is 0.333. The number of nitriles is 1. The van der Waals surface area contributed by atoms with E-state index in [0.29, 0.717) is 24.6 Å². The van der Waals surface area contributed by atoms with Gasteiger partial charge in [-0.15, -0.1) is 5.10 Å². The third kappa shape index (κ3) is 3.18. The Morgan fingerprint density at radius 1 is 1.27 bits per heavy atom. The van der Waals surface area contributed by atoms with Crippen molar-refractivity contribution < 1.29 is 26.4 Å². The van der Waals surface area contributed by atoms with Crippen LogP contribution >= 0.6 is 0 Å². The number of aromatic nitrogens is 3.